The van der Waals surface area contributed by atoms with Gasteiger partial charge in [-0.05, 0) is 150 Å². The Labute approximate surface area is 377 Å². The Morgan fingerprint density at radius 2 is 0.742 bits per heavy atom. The number of hydrogen-bond acceptors (Lipinski definition) is 6. The minimum absolute atomic E-state index is 0.961. The summed E-state index contributed by atoms with van der Waals surface area (Å²) < 4.78 is 4.86. The lowest BCUT2D eigenvalue weighted by molar-refractivity contribution is 0.299. The van der Waals surface area contributed by atoms with Crippen LogP contribution in [0.1, 0.15) is 85.3 Å². The van der Waals surface area contributed by atoms with Crippen molar-refractivity contribution in [2.75, 3.05) is 39.3 Å². The Hall–Kier alpha value is -4.20. The van der Waals surface area contributed by atoms with Gasteiger partial charge in [0.05, 0.1) is 22.8 Å². The second-order valence-electron chi connectivity index (χ2n) is 17.3. The summed E-state index contributed by atoms with van der Waals surface area (Å²) in [4.78, 5) is 16.6. The van der Waals surface area contributed by atoms with Crippen LogP contribution < -0.4 is 0 Å². The van der Waals surface area contributed by atoms with Gasteiger partial charge in [-0.2, -0.15) is 0 Å². The summed E-state index contributed by atoms with van der Waals surface area (Å²) in [7, 11) is 0. The van der Waals surface area contributed by atoms with Crippen molar-refractivity contribution < 1.29 is 0 Å². The lowest BCUT2D eigenvalue weighted by Gasteiger charge is -2.27. The molecule has 308 valence electrons. The zero-order chi connectivity index (χ0) is 41.2. The lowest BCUT2D eigenvalue weighted by Crippen LogP contribution is -2.31. The minimum Gasteiger partial charge on any atom is -0.303 e. The highest BCUT2D eigenvalue weighted by molar-refractivity contribution is 7.24. The molecule has 4 fully saturated rings. The molecular weight excluding hydrogens is 793 g/mol. The van der Waals surface area contributed by atoms with Gasteiger partial charge in [0.15, 0.2) is 0 Å². The molecule has 5 aromatic rings. The van der Waals surface area contributed by atoms with E-state index in [1.807, 2.05) is 22.7 Å². The standard InChI is InChI=1S/C56H52N4S2/c1-2-12-34-59(33-11-1)37-41-21-15-23-43(41)55-47-27-25-45(57-47)53(39-17-7-5-8-18-39)49-29-30-50(61-49)54(40-19-9-6-10-20-40)46-26-28-48(58-46)56(52-32-31-51(55)62-52)44-24-16-22-42(44)38-60-35-13-3-4-14-36-60/h5-10,15-32H,1-4,11-14,33-38H2. The molecule has 4 nitrogen and oxygen atoms in total. The van der Waals surface area contributed by atoms with Gasteiger partial charge in [0.1, 0.15) is 0 Å². The van der Waals surface area contributed by atoms with Crippen molar-refractivity contribution >= 4 is 65.8 Å². The van der Waals surface area contributed by atoms with Gasteiger partial charge in [0.2, 0.25) is 0 Å². The van der Waals surface area contributed by atoms with Gasteiger partial charge in [0, 0.05) is 77.8 Å². The number of benzene rings is 2. The van der Waals surface area contributed by atoms with Crippen molar-refractivity contribution in [2.24, 2.45) is 0 Å². The zero-order valence-electron chi connectivity index (χ0n) is 35.4. The number of hydrogen-bond donors (Lipinski definition) is 0. The summed E-state index contributed by atoms with van der Waals surface area (Å²) >= 11 is 3.72. The molecule has 0 N–H and O–H groups in total. The van der Waals surface area contributed by atoms with Gasteiger partial charge in [-0.25, -0.2) is 9.97 Å². The van der Waals surface area contributed by atoms with Crippen LogP contribution in [0.15, 0.2) is 84.9 Å². The van der Waals surface area contributed by atoms with Crippen LogP contribution in [0, 0.1) is 62.2 Å². The van der Waals surface area contributed by atoms with E-state index < -0.39 is 0 Å². The topological polar surface area (TPSA) is 32.3 Å². The molecule has 2 saturated heterocycles. The molecule has 3 aromatic heterocycles. The van der Waals surface area contributed by atoms with Crippen molar-refractivity contribution in [3.63, 3.8) is 0 Å². The first kappa shape index (κ1) is 40.6. The highest BCUT2D eigenvalue weighted by Crippen LogP contribution is 2.48. The third-order valence-electron chi connectivity index (χ3n) is 13.2. The Morgan fingerprint density at radius 1 is 0.387 bits per heavy atom. The average Bonchev–Trinajstić information content (AvgIpc) is 4.18. The highest BCUT2D eigenvalue weighted by Gasteiger charge is 2.37. The summed E-state index contributed by atoms with van der Waals surface area (Å²) in [6.07, 6.45) is 33.4. The van der Waals surface area contributed by atoms with Gasteiger partial charge < -0.3 is 9.80 Å². The molecule has 11 rings (SSSR count). The van der Waals surface area contributed by atoms with E-state index in [-0.39, 0.29) is 0 Å². The van der Waals surface area contributed by atoms with Crippen LogP contribution in [0.3, 0.4) is 0 Å². The average molecular weight is 845 g/mol. The van der Waals surface area contributed by atoms with E-state index in [2.05, 4.69) is 158 Å². The molecule has 0 spiro atoms. The van der Waals surface area contributed by atoms with Crippen LogP contribution in [0.25, 0.3) is 65.4 Å². The molecule has 2 saturated carbocycles. The zero-order valence-corrected chi connectivity index (χ0v) is 37.0. The van der Waals surface area contributed by atoms with Crippen LogP contribution >= 0.6 is 22.7 Å². The fraction of sp³-hybridized carbons (Fsp3) is 0.250. The number of likely N-dealkylation sites (tertiary alicyclic amines) is 2. The SMILES string of the molecule is [CH]1[CH][C](CN2CCCCCC2)[C](c2c3nc(c(-c4ccccc4)c4ccc(s4)c(-c4ccccc4)c4nc(c([C]5[CH][CH][CH][C]5CN5CCCCCC5)c5ccc2s5)C=C4)C=C3)[CH]1. The van der Waals surface area contributed by atoms with Gasteiger partial charge in [0.25, 0.3) is 0 Å². The smallest absolute Gasteiger partial charge is 0.0730 e. The monoisotopic (exact) mass is 844 g/mol. The van der Waals surface area contributed by atoms with Crippen molar-refractivity contribution in [3.8, 4) is 22.3 Å². The van der Waals surface area contributed by atoms with Crippen molar-refractivity contribution in [1.82, 2.24) is 19.8 Å². The molecule has 8 bridgehead atoms. The van der Waals surface area contributed by atoms with Crippen LogP contribution in [-0.4, -0.2) is 59.0 Å². The van der Waals surface area contributed by atoms with E-state index in [0.717, 1.165) is 73.2 Å². The summed E-state index contributed by atoms with van der Waals surface area (Å²) in [5, 5.41) is 0. The van der Waals surface area contributed by atoms with Gasteiger partial charge in [-0.1, -0.05) is 86.3 Å². The number of rotatable bonds is 8. The number of fused-ring (bicyclic) bond motifs is 8. The summed E-state index contributed by atoms with van der Waals surface area (Å²) in [5.41, 5.74) is 11.1. The molecule has 62 heavy (non-hydrogen) atoms. The fourth-order valence-electron chi connectivity index (χ4n) is 10.1. The Bertz CT molecular complexity index is 2410. The van der Waals surface area contributed by atoms with Crippen LogP contribution in [-0.2, 0) is 0 Å². The second kappa shape index (κ2) is 18.5. The Morgan fingerprint density at radius 3 is 1.13 bits per heavy atom. The molecule has 4 aliphatic heterocycles. The van der Waals surface area contributed by atoms with Crippen LogP contribution in [0.2, 0.25) is 0 Å². The fourth-order valence-corrected chi connectivity index (χ4v) is 12.4. The molecule has 0 unspecified atom stereocenters. The molecule has 6 heteroatoms. The van der Waals surface area contributed by atoms with Gasteiger partial charge in [-0.3, -0.25) is 0 Å². The quantitative estimate of drug-likeness (QED) is 0.153. The van der Waals surface area contributed by atoms with Crippen molar-refractivity contribution in [2.45, 2.75) is 51.4 Å². The van der Waals surface area contributed by atoms with Crippen molar-refractivity contribution in [3.05, 3.63) is 181 Å². The lowest BCUT2D eigenvalue weighted by atomic mass is 9.87. The molecule has 0 amide bonds. The normalized spacial score (nSPS) is 20.0. The highest BCUT2D eigenvalue weighted by atomic mass is 32.1. The van der Waals surface area contributed by atoms with Gasteiger partial charge >= 0.3 is 0 Å². The molecule has 6 aliphatic rings. The van der Waals surface area contributed by atoms with E-state index >= 15 is 0 Å². The first-order valence-electron chi connectivity index (χ1n) is 22.8. The number of aromatic nitrogens is 2. The van der Waals surface area contributed by atoms with Crippen molar-refractivity contribution in [1.29, 1.82) is 0 Å². The maximum absolute atomic E-state index is 5.64. The number of thiophene rings is 2. The Kier molecular flexibility index (Phi) is 12.1. The number of nitrogens with zero attached hydrogens (tertiary/aromatic N) is 4. The van der Waals surface area contributed by atoms with E-state index in [1.165, 1.54) is 116 Å². The van der Waals surface area contributed by atoms with Crippen LogP contribution in [0.5, 0.6) is 0 Å². The first-order chi connectivity index (χ1) is 30.7. The molecule has 2 aromatic carbocycles. The summed E-state index contributed by atoms with van der Waals surface area (Å²) in [6, 6.07) is 31.0. The molecule has 7 heterocycles. The second-order valence-corrected chi connectivity index (χ2v) is 19.5. The molecule has 2 aliphatic carbocycles. The van der Waals surface area contributed by atoms with E-state index in [0.29, 0.717) is 0 Å². The minimum atomic E-state index is 0.961. The molecule has 10 radical (unpaired) electrons. The maximum Gasteiger partial charge on any atom is 0.0730 e. The summed E-state index contributed by atoms with van der Waals surface area (Å²) in [6.45, 7) is 6.57. The van der Waals surface area contributed by atoms with Crippen LogP contribution in [0.4, 0.5) is 0 Å². The predicted octanol–water partition coefficient (Wildman–Crippen LogP) is 13.5. The van der Waals surface area contributed by atoms with Gasteiger partial charge in [-0.15, -0.1) is 22.7 Å². The third-order valence-corrected chi connectivity index (χ3v) is 15.4. The predicted molar refractivity (Wildman–Crippen MR) is 264 cm³/mol. The van der Waals surface area contributed by atoms with E-state index in [1.54, 1.807) is 0 Å². The summed E-state index contributed by atoms with van der Waals surface area (Å²) in [5.74, 6) is 5.36. The van der Waals surface area contributed by atoms with E-state index in [4.69, 9.17) is 9.97 Å². The third kappa shape index (κ3) is 8.33. The maximum atomic E-state index is 5.64. The molecule has 0 atom stereocenters. The Balaban J connectivity index is 1.16. The molecular formula is C56H52N4S2. The first-order valence-corrected chi connectivity index (χ1v) is 24.4. The van der Waals surface area contributed by atoms with E-state index in [9.17, 15) is 0 Å². The largest absolute Gasteiger partial charge is 0.303 e.